The number of rotatable bonds is 5. The van der Waals surface area contributed by atoms with Gasteiger partial charge in [0.2, 0.25) is 0 Å². The molecule has 0 saturated carbocycles. The van der Waals surface area contributed by atoms with Crippen LogP contribution >= 0.6 is 11.6 Å². The largest absolute Gasteiger partial charge is 0.465 e. The van der Waals surface area contributed by atoms with Crippen molar-refractivity contribution in [2.45, 2.75) is 30.7 Å². The van der Waals surface area contributed by atoms with E-state index >= 15 is 0 Å². The number of esters is 1. The van der Waals surface area contributed by atoms with Gasteiger partial charge >= 0.3 is 5.97 Å². The van der Waals surface area contributed by atoms with Crippen molar-refractivity contribution in [3.63, 3.8) is 0 Å². The highest BCUT2D eigenvalue weighted by molar-refractivity contribution is 7.89. The van der Waals surface area contributed by atoms with Crippen LogP contribution in [0.2, 0.25) is 5.02 Å². The number of nitrogens with zero attached hydrogens (tertiary/aromatic N) is 1. The molecule has 1 aliphatic rings. The molecule has 0 N–H and O–H groups in total. The molecule has 2 unspecified atom stereocenters. The van der Waals surface area contributed by atoms with Crippen molar-refractivity contribution >= 4 is 33.5 Å². The summed E-state index contributed by atoms with van der Waals surface area (Å²) in [4.78, 5) is 26.9. The smallest absolute Gasteiger partial charge is 0.315 e. The first-order chi connectivity index (χ1) is 15.8. The molecule has 3 aromatic carbocycles. The summed E-state index contributed by atoms with van der Waals surface area (Å²) in [6.45, 7) is 3.61. The van der Waals surface area contributed by atoms with Gasteiger partial charge in [0.15, 0.2) is 0 Å². The molecule has 0 bridgehead atoms. The van der Waals surface area contributed by atoms with Crippen LogP contribution in [0.15, 0.2) is 77.7 Å². The molecular formula is C25H22ClNO5S. The maximum Gasteiger partial charge on any atom is 0.315 e. The summed E-state index contributed by atoms with van der Waals surface area (Å²) >= 11 is 6.21. The first-order valence-corrected chi connectivity index (χ1v) is 12.2. The fraction of sp³-hybridized carbons (Fsp3) is 0.200. The van der Waals surface area contributed by atoms with Gasteiger partial charge in [-0.1, -0.05) is 59.6 Å². The highest BCUT2D eigenvalue weighted by Crippen LogP contribution is 2.46. The topological polar surface area (TPSA) is 80.8 Å². The van der Waals surface area contributed by atoms with Crippen molar-refractivity contribution in [2.24, 2.45) is 0 Å². The zero-order chi connectivity index (χ0) is 23.8. The minimum absolute atomic E-state index is 0.0394. The predicted octanol–water partition coefficient (Wildman–Crippen LogP) is 4.88. The second kappa shape index (κ2) is 9.00. The van der Waals surface area contributed by atoms with Gasteiger partial charge in [0.1, 0.15) is 5.92 Å². The van der Waals surface area contributed by atoms with Crippen LogP contribution in [0.1, 0.15) is 45.9 Å². The van der Waals surface area contributed by atoms with Gasteiger partial charge in [-0.25, -0.2) is 12.7 Å². The fourth-order valence-electron chi connectivity index (χ4n) is 4.08. The number of hydrogen-bond acceptors (Lipinski definition) is 5. The number of ether oxygens (including phenoxy) is 1. The Bertz CT molecular complexity index is 1310. The highest BCUT2D eigenvalue weighted by atomic mass is 35.5. The number of benzene rings is 3. The molecule has 33 heavy (non-hydrogen) atoms. The molecule has 0 fully saturated rings. The Morgan fingerprint density at radius 2 is 1.70 bits per heavy atom. The van der Waals surface area contributed by atoms with Crippen molar-refractivity contribution < 1.29 is 22.7 Å². The van der Waals surface area contributed by atoms with E-state index in [-0.39, 0.29) is 17.1 Å². The van der Waals surface area contributed by atoms with Gasteiger partial charge in [0.25, 0.3) is 15.9 Å². The normalized spacial score (nSPS) is 18.0. The van der Waals surface area contributed by atoms with Crippen LogP contribution in [0.3, 0.4) is 0 Å². The summed E-state index contributed by atoms with van der Waals surface area (Å²) in [7, 11) is -4.32. The molecule has 1 amide bonds. The molecule has 8 heteroatoms. The standard InChI is InChI=1S/C25H22ClNO5S/c1-3-32-25(29)22-21-15-18(26)11-14-20(21)24(28)27(23(22)17-7-5-4-6-8-17)33(30,31)19-12-9-16(2)10-13-19/h4-15,22-23H,3H2,1-2H3. The molecule has 2 atom stereocenters. The molecule has 6 nitrogen and oxygen atoms in total. The van der Waals surface area contributed by atoms with Crippen molar-refractivity contribution in [3.8, 4) is 0 Å². The third-order valence-corrected chi connectivity index (χ3v) is 7.62. The molecule has 170 valence electrons. The van der Waals surface area contributed by atoms with E-state index in [0.717, 1.165) is 9.87 Å². The van der Waals surface area contributed by atoms with Crippen LogP contribution in [0, 0.1) is 6.92 Å². The zero-order valence-electron chi connectivity index (χ0n) is 18.1. The minimum atomic E-state index is -4.32. The Morgan fingerprint density at radius 1 is 1.03 bits per heavy atom. The van der Waals surface area contributed by atoms with E-state index in [9.17, 15) is 18.0 Å². The molecule has 0 spiro atoms. The summed E-state index contributed by atoms with van der Waals surface area (Å²) < 4.78 is 33.8. The lowest BCUT2D eigenvalue weighted by Gasteiger charge is -2.40. The first kappa shape index (κ1) is 23.0. The summed E-state index contributed by atoms with van der Waals surface area (Å²) in [5.74, 6) is -2.44. The van der Waals surface area contributed by atoms with Gasteiger partial charge in [0.05, 0.1) is 17.5 Å². The van der Waals surface area contributed by atoms with Crippen molar-refractivity contribution in [1.29, 1.82) is 0 Å². The lowest BCUT2D eigenvalue weighted by Crippen LogP contribution is -2.48. The van der Waals surface area contributed by atoms with Crippen molar-refractivity contribution in [3.05, 3.63) is 100 Å². The van der Waals surface area contributed by atoms with E-state index in [0.29, 0.717) is 16.1 Å². The molecular weight excluding hydrogens is 462 g/mol. The second-order valence-electron chi connectivity index (χ2n) is 7.74. The third kappa shape index (κ3) is 4.14. The number of amides is 1. The van der Waals surface area contributed by atoms with E-state index in [1.165, 1.54) is 30.3 Å². The van der Waals surface area contributed by atoms with Gasteiger partial charge < -0.3 is 4.74 Å². The molecule has 0 saturated heterocycles. The Kier molecular flexibility index (Phi) is 6.28. The third-order valence-electron chi connectivity index (χ3n) is 5.61. The zero-order valence-corrected chi connectivity index (χ0v) is 19.6. The number of carbonyl (C=O) groups excluding carboxylic acids is 2. The van der Waals surface area contributed by atoms with E-state index in [1.807, 2.05) is 6.92 Å². The number of halogens is 1. The second-order valence-corrected chi connectivity index (χ2v) is 9.99. The number of fused-ring (bicyclic) bond motifs is 1. The number of aryl methyl sites for hydroxylation is 1. The van der Waals surface area contributed by atoms with E-state index in [4.69, 9.17) is 16.3 Å². The number of carbonyl (C=O) groups is 2. The van der Waals surface area contributed by atoms with E-state index < -0.39 is 33.9 Å². The van der Waals surface area contributed by atoms with Gasteiger partial charge in [-0.3, -0.25) is 9.59 Å². The van der Waals surface area contributed by atoms with Crippen LogP contribution in [-0.4, -0.2) is 31.2 Å². The highest BCUT2D eigenvalue weighted by Gasteiger charge is 2.50. The van der Waals surface area contributed by atoms with E-state index in [1.54, 1.807) is 49.4 Å². The maximum absolute atomic E-state index is 13.8. The van der Waals surface area contributed by atoms with Crippen LogP contribution in [0.25, 0.3) is 0 Å². The molecule has 1 heterocycles. The van der Waals surface area contributed by atoms with Crippen LogP contribution in [0.5, 0.6) is 0 Å². The lowest BCUT2D eigenvalue weighted by molar-refractivity contribution is -0.146. The van der Waals surface area contributed by atoms with Crippen LogP contribution in [-0.2, 0) is 19.6 Å². The van der Waals surface area contributed by atoms with E-state index in [2.05, 4.69) is 0 Å². The summed E-state index contributed by atoms with van der Waals surface area (Å²) in [6, 6.07) is 18.2. The Hall–Kier alpha value is -3.16. The lowest BCUT2D eigenvalue weighted by atomic mass is 9.81. The number of sulfonamides is 1. The SMILES string of the molecule is CCOC(=O)C1c2cc(Cl)ccc2C(=O)N(S(=O)(=O)c2ccc(C)cc2)C1c1ccccc1. The van der Waals surface area contributed by atoms with Crippen molar-refractivity contribution in [2.75, 3.05) is 6.61 Å². The molecule has 0 aromatic heterocycles. The quantitative estimate of drug-likeness (QED) is 0.483. The van der Waals surface area contributed by atoms with Gasteiger partial charge in [-0.05, 0) is 55.3 Å². The van der Waals surface area contributed by atoms with Crippen molar-refractivity contribution in [1.82, 2.24) is 4.31 Å². The maximum atomic E-state index is 13.8. The fourth-order valence-corrected chi connectivity index (χ4v) is 5.83. The Labute approximate surface area is 197 Å². The van der Waals surface area contributed by atoms with Gasteiger partial charge in [-0.15, -0.1) is 0 Å². The van der Waals surface area contributed by atoms with Gasteiger partial charge in [-0.2, -0.15) is 0 Å². The average molecular weight is 484 g/mol. The van der Waals surface area contributed by atoms with Crippen LogP contribution in [0.4, 0.5) is 0 Å². The molecule has 0 radical (unpaired) electrons. The summed E-state index contributed by atoms with van der Waals surface area (Å²) in [5, 5.41) is 0.331. The summed E-state index contributed by atoms with van der Waals surface area (Å²) in [5.41, 5.74) is 1.81. The molecule has 1 aliphatic heterocycles. The molecule has 4 rings (SSSR count). The predicted molar refractivity (Wildman–Crippen MR) is 125 cm³/mol. The van der Waals surface area contributed by atoms with Crippen LogP contribution < -0.4 is 0 Å². The summed E-state index contributed by atoms with van der Waals surface area (Å²) in [6.07, 6.45) is 0. The Balaban J connectivity index is 2.01. The minimum Gasteiger partial charge on any atom is -0.465 e. The molecule has 0 aliphatic carbocycles. The Morgan fingerprint density at radius 3 is 2.33 bits per heavy atom. The first-order valence-electron chi connectivity index (χ1n) is 10.4. The average Bonchev–Trinajstić information content (AvgIpc) is 2.79. The van der Waals surface area contributed by atoms with Gasteiger partial charge in [0, 0.05) is 10.6 Å². The molecule has 3 aromatic rings. The number of hydrogen-bond donors (Lipinski definition) is 0. The monoisotopic (exact) mass is 483 g/mol.